The minimum Gasteiger partial charge on any atom is -0.383 e. The summed E-state index contributed by atoms with van der Waals surface area (Å²) in [5, 5.41) is 8.44. The molecule has 0 aliphatic rings. The molecule has 0 spiro atoms. The molecule has 0 fully saturated rings. The van der Waals surface area contributed by atoms with Gasteiger partial charge in [-0.25, -0.2) is 9.97 Å². The molecule has 4 nitrogen and oxygen atoms in total. The van der Waals surface area contributed by atoms with Crippen molar-refractivity contribution in [2.24, 2.45) is 0 Å². The molecule has 0 unspecified atom stereocenters. The average Bonchev–Trinajstić information content (AvgIpc) is 3.01. The topological polar surface area (TPSA) is 47.0 Å². The summed E-state index contributed by atoms with van der Waals surface area (Å²) in [7, 11) is 1.69. The molecule has 0 amide bonds. The van der Waals surface area contributed by atoms with E-state index in [9.17, 15) is 0 Å². The Morgan fingerprint density at radius 3 is 2.90 bits per heavy atom. The van der Waals surface area contributed by atoms with Gasteiger partial charge in [0.15, 0.2) is 5.82 Å². The molecule has 2 heterocycles. The molecule has 0 atom stereocenters. The van der Waals surface area contributed by atoms with E-state index in [1.165, 1.54) is 0 Å². The maximum atomic E-state index is 5.07. The Morgan fingerprint density at radius 1 is 1.20 bits per heavy atom. The second kappa shape index (κ2) is 5.98. The highest BCUT2D eigenvalue weighted by atomic mass is 32.1. The van der Waals surface area contributed by atoms with E-state index in [1.54, 1.807) is 18.4 Å². The standard InChI is InChI=1S/C15H15N3OS/c1-19-8-7-16-15-12-4-2-3-5-13(12)17-14(18-15)11-6-9-20-10-11/h2-6,9-10H,7-8H2,1H3,(H,16,17,18). The minimum absolute atomic E-state index is 0.645. The first-order valence-electron chi connectivity index (χ1n) is 6.40. The Labute approximate surface area is 121 Å². The lowest BCUT2D eigenvalue weighted by Gasteiger charge is -2.10. The zero-order valence-electron chi connectivity index (χ0n) is 11.2. The summed E-state index contributed by atoms with van der Waals surface area (Å²) in [6, 6.07) is 10.1. The molecule has 1 aromatic carbocycles. The van der Waals surface area contributed by atoms with Gasteiger partial charge in [0.25, 0.3) is 0 Å². The predicted octanol–water partition coefficient (Wildman–Crippen LogP) is 3.42. The van der Waals surface area contributed by atoms with Gasteiger partial charge in [-0.05, 0) is 23.6 Å². The summed E-state index contributed by atoms with van der Waals surface area (Å²) in [6.07, 6.45) is 0. The fourth-order valence-electron chi connectivity index (χ4n) is 2.00. The van der Waals surface area contributed by atoms with Crippen LogP contribution in [0.15, 0.2) is 41.1 Å². The number of rotatable bonds is 5. The van der Waals surface area contributed by atoms with Crippen LogP contribution >= 0.6 is 11.3 Å². The van der Waals surface area contributed by atoms with E-state index in [4.69, 9.17) is 4.74 Å². The summed E-state index contributed by atoms with van der Waals surface area (Å²) in [6.45, 7) is 1.37. The lowest BCUT2D eigenvalue weighted by atomic mass is 10.2. The average molecular weight is 285 g/mol. The SMILES string of the molecule is COCCNc1nc(-c2ccsc2)nc2ccccc12. The fraction of sp³-hybridized carbons (Fsp3) is 0.200. The van der Waals surface area contributed by atoms with Gasteiger partial charge >= 0.3 is 0 Å². The number of ether oxygens (including phenoxy) is 1. The number of fused-ring (bicyclic) bond motifs is 1. The molecule has 0 radical (unpaired) electrons. The summed E-state index contributed by atoms with van der Waals surface area (Å²) in [5.74, 6) is 1.61. The molecule has 2 aromatic heterocycles. The highest BCUT2D eigenvalue weighted by molar-refractivity contribution is 7.08. The third-order valence-electron chi connectivity index (χ3n) is 2.98. The monoisotopic (exact) mass is 285 g/mol. The van der Waals surface area contributed by atoms with Gasteiger partial charge in [-0.2, -0.15) is 11.3 Å². The normalized spacial score (nSPS) is 10.8. The Bertz CT molecular complexity index is 697. The van der Waals surface area contributed by atoms with Crippen molar-refractivity contribution < 1.29 is 4.74 Å². The summed E-state index contributed by atoms with van der Waals surface area (Å²) >= 11 is 1.65. The quantitative estimate of drug-likeness (QED) is 0.730. The Kier molecular flexibility index (Phi) is 3.90. The Balaban J connectivity index is 2.05. The Hall–Kier alpha value is -1.98. The molecular weight excluding hydrogens is 270 g/mol. The van der Waals surface area contributed by atoms with Crippen LogP contribution in [0.1, 0.15) is 0 Å². The van der Waals surface area contributed by atoms with Gasteiger partial charge in [-0.1, -0.05) is 12.1 Å². The van der Waals surface area contributed by atoms with E-state index in [-0.39, 0.29) is 0 Å². The molecule has 5 heteroatoms. The van der Waals surface area contributed by atoms with E-state index in [1.807, 2.05) is 35.7 Å². The van der Waals surface area contributed by atoms with Crippen LogP contribution in [-0.4, -0.2) is 30.2 Å². The number of nitrogens with one attached hydrogen (secondary N) is 1. The second-order valence-electron chi connectivity index (χ2n) is 4.34. The van der Waals surface area contributed by atoms with Gasteiger partial charge in [-0.15, -0.1) is 0 Å². The van der Waals surface area contributed by atoms with Crippen LogP contribution in [0.3, 0.4) is 0 Å². The van der Waals surface area contributed by atoms with E-state index in [2.05, 4.69) is 20.7 Å². The van der Waals surface area contributed by atoms with Gasteiger partial charge in [-0.3, -0.25) is 0 Å². The van der Waals surface area contributed by atoms with E-state index in [0.717, 1.165) is 34.7 Å². The highest BCUT2D eigenvalue weighted by Gasteiger charge is 2.09. The van der Waals surface area contributed by atoms with Gasteiger partial charge in [0.05, 0.1) is 12.1 Å². The van der Waals surface area contributed by atoms with Crippen molar-refractivity contribution in [1.82, 2.24) is 9.97 Å². The number of hydrogen-bond donors (Lipinski definition) is 1. The largest absolute Gasteiger partial charge is 0.383 e. The third-order valence-corrected chi connectivity index (χ3v) is 3.66. The Morgan fingerprint density at radius 2 is 2.10 bits per heavy atom. The molecule has 0 saturated heterocycles. The minimum atomic E-state index is 0.645. The van der Waals surface area contributed by atoms with Crippen LogP contribution < -0.4 is 5.32 Å². The number of nitrogens with zero attached hydrogens (tertiary/aromatic N) is 2. The van der Waals surface area contributed by atoms with Crippen molar-refractivity contribution >= 4 is 28.1 Å². The second-order valence-corrected chi connectivity index (χ2v) is 5.12. The zero-order chi connectivity index (χ0) is 13.8. The molecular formula is C15H15N3OS. The van der Waals surface area contributed by atoms with Crippen molar-refractivity contribution in [1.29, 1.82) is 0 Å². The van der Waals surface area contributed by atoms with Gasteiger partial charge in [0.2, 0.25) is 0 Å². The molecule has 0 saturated carbocycles. The van der Waals surface area contributed by atoms with Crippen molar-refractivity contribution in [2.45, 2.75) is 0 Å². The van der Waals surface area contributed by atoms with Crippen molar-refractivity contribution in [3.8, 4) is 11.4 Å². The first kappa shape index (κ1) is 13.0. The predicted molar refractivity (Wildman–Crippen MR) is 83.2 cm³/mol. The zero-order valence-corrected chi connectivity index (χ0v) is 12.0. The summed E-state index contributed by atoms with van der Waals surface area (Å²) in [4.78, 5) is 9.27. The third kappa shape index (κ3) is 2.64. The molecule has 20 heavy (non-hydrogen) atoms. The van der Waals surface area contributed by atoms with E-state index < -0.39 is 0 Å². The lowest BCUT2D eigenvalue weighted by molar-refractivity contribution is 0.210. The van der Waals surface area contributed by atoms with Crippen molar-refractivity contribution in [2.75, 3.05) is 25.6 Å². The van der Waals surface area contributed by atoms with Crippen molar-refractivity contribution in [3.05, 3.63) is 41.1 Å². The maximum Gasteiger partial charge on any atom is 0.162 e. The van der Waals surface area contributed by atoms with Crippen LogP contribution in [0.2, 0.25) is 0 Å². The van der Waals surface area contributed by atoms with Crippen LogP contribution in [0.5, 0.6) is 0 Å². The molecule has 3 aromatic rings. The first-order chi connectivity index (χ1) is 9.88. The maximum absolute atomic E-state index is 5.07. The molecule has 1 N–H and O–H groups in total. The van der Waals surface area contributed by atoms with Crippen LogP contribution in [0, 0.1) is 0 Å². The van der Waals surface area contributed by atoms with Crippen molar-refractivity contribution in [3.63, 3.8) is 0 Å². The molecule has 0 aliphatic heterocycles. The number of benzene rings is 1. The number of methoxy groups -OCH3 is 1. The number of anilines is 1. The number of hydrogen-bond acceptors (Lipinski definition) is 5. The number of para-hydroxylation sites is 1. The number of thiophene rings is 1. The summed E-state index contributed by atoms with van der Waals surface area (Å²) in [5.41, 5.74) is 2.00. The lowest BCUT2D eigenvalue weighted by Crippen LogP contribution is -2.10. The van der Waals surface area contributed by atoms with Crippen LogP contribution in [0.25, 0.3) is 22.3 Å². The first-order valence-corrected chi connectivity index (χ1v) is 7.35. The number of aromatic nitrogens is 2. The molecule has 102 valence electrons. The fourth-order valence-corrected chi connectivity index (χ4v) is 2.64. The van der Waals surface area contributed by atoms with Gasteiger partial charge in [0, 0.05) is 30.0 Å². The van der Waals surface area contributed by atoms with E-state index >= 15 is 0 Å². The highest BCUT2D eigenvalue weighted by Crippen LogP contribution is 2.25. The van der Waals surface area contributed by atoms with Crippen LogP contribution in [0.4, 0.5) is 5.82 Å². The molecule has 0 aliphatic carbocycles. The van der Waals surface area contributed by atoms with Gasteiger partial charge < -0.3 is 10.1 Å². The van der Waals surface area contributed by atoms with Crippen LogP contribution in [-0.2, 0) is 4.74 Å². The molecule has 3 rings (SSSR count). The van der Waals surface area contributed by atoms with Gasteiger partial charge in [0.1, 0.15) is 5.82 Å². The van der Waals surface area contributed by atoms with E-state index in [0.29, 0.717) is 6.61 Å². The molecule has 0 bridgehead atoms. The summed E-state index contributed by atoms with van der Waals surface area (Å²) < 4.78 is 5.07. The smallest absolute Gasteiger partial charge is 0.162 e.